The van der Waals surface area contributed by atoms with Crippen LogP contribution in [0, 0.1) is 17.8 Å². The number of carbonyl (C=O) groups excluding carboxylic acids is 1. The third kappa shape index (κ3) is 4.22. The van der Waals surface area contributed by atoms with Gasteiger partial charge in [0.2, 0.25) is 5.91 Å². The fourth-order valence-electron chi connectivity index (χ4n) is 4.40. The predicted octanol–water partition coefficient (Wildman–Crippen LogP) is 3.81. The number of hydrogen-bond acceptors (Lipinski definition) is 3. The summed E-state index contributed by atoms with van der Waals surface area (Å²) in [5.74, 6) is 1.27. The zero-order valence-electron chi connectivity index (χ0n) is 14.6. The van der Waals surface area contributed by atoms with Crippen LogP contribution in [0.15, 0.2) is 43.0 Å². The van der Waals surface area contributed by atoms with Gasteiger partial charge in [-0.05, 0) is 55.7 Å². The van der Waals surface area contributed by atoms with Crippen molar-refractivity contribution >= 4 is 36.4 Å². The maximum atomic E-state index is 12.7. The van der Waals surface area contributed by atoms with Crippen molar-refractivity contribution in [2.24, 2.45) is 23.5 Å². The van der Waals surface area contributed by atoms with Crippen LogP contribution in [0.3, 0.4) is 0 Å². The molecule has 2 bridgehead atoms. The molecule has 2 atom stereocenters. The number of imidazole rings is 1. The van der Waals surface area contributed by atoms with Crippen LogP contribution in [-0.4, -0.2) is 21.5 Å². The Morgan fingerprint density at radius 2 is 1.92 bits per heavy atom. The number of halogens is 2. The molecule has 1 heterocycles. The van der Waals surface area contributed by atoms with E-state index in [9.17, 15) is 4.79 Å². The lowest BCUT2D eigenvalue weighted by atomic mass is 9.65. The molecule has 2 fully saturated rings. The molecule has 2 aromatic rings. The summed E-state index contributed by atoms with van der Waals surface area (Å²) in [6, 6.07) is 8.17. The monoisotopic (exact) mass is 396 g/mol. The number of carbonyl (C=O) groups is 1. The molecule has 5 nitrogen and oxygen atoms in total. The van der Waals surface area contributed by atoms with Crippen molar-refractivity contribution in [1.82, 2.24) is 9.55 Å². The molecule has 0 spiro atoms. The lowest BCUT2D eigenvalue weighted by Gasteiger charge is -2.43. The number of nitrogens with one attached hydrogen (secondary N) is 1. The number of benzene rings is 1. The van der Waals surface area contributed by atoms with Gasteiger partial charge in [-0.1, -0.05) is 12.5 Å². The van der Waals surface area contributed by atoms with Gasteiger partial charge < -0.3 is 15.6 Å². The van der Waals surface area contributed by atoms with E-state index in [0.29, 0.717) is 17.9 Å². The molecule has 1 amide bonds. The average Bonchev–Trinajstić information content (AvgIpc) is 3.09. The van der Waals surface area contributed by atoms with Crippen LogP contribution in [-0.2, 0) is 4.79 Å². The summed E-state index contributed by atoms with van der Waals surface area (Å²) in [5.41, 5.74) is 8.17. The van der Waals surface area contributed by atoms with Crippen LogP contribution >= 0.6 is 24.8 Å². The molecule has 0 radical (unpaired) electrons. The van der Waals surface area contributed by atoms with Gasteiger partial charge in [-0.2, -0.15) is 0 Å². The van der Waals surface area contributed by atoms with E-state index in [1.807, 2.05) is 35.0 Å². The van der Waals surface area contributed by atoms with Gasteiger partial charge in [0, 0.05) is 35.7 Å². The highest BCUT2D eigenvalue weighted by Crippen LogP contribution is 2.42. The number of nitrogens with zero attached hydrogens (tertiary/aromatic N) is 2. The number of fused-ring (bicyclic) bond motifs is 2. The molecule has 0 saturated heterocycles. The minimum atomic E-state index is 0. The number of aromatic nitrogens is 2. The van der Waals surface area contributed by atoms with Crippen LogP contribution in [0.2, 0.25) is 0 Å². The lowest BCUT2D eigenvalue weighted by molar-refractivity contribution is -0.122. The van der Waals surface area contributed by atoms with Gasteiger partial charge in [-0.3, -0.25) is 4.79 Å². The highest BCUT2D eigenvalue weighted by molar-refractivity contribution is 5.92. The minimum absolute atomic E-state index is 0. The van der Waals surface area contributed by atoms with Crippen LogP contribution in [0.5, 0.6) is 0 Å². The largest absolute Gasteiger partial charge is 0.327 e. The van der Waals surface area contributed by atoms with Gasteiger partial charge in [0.15, 0.2) is 0 Å². The summed E-state index contributed by atoms with van der Waals surface area (Å²) in [6.07, 6.45) is 10.9. The summed E-state index contributed by atoms with van der Waals surface area (Å²) in [5, 5.41) is 3.10. The highest BCUT2D eigenvalue weighted by atomic mass is 35.5. The molecule has 2 aliphatic carbocycles. The Morgan fingerprint density at radius 3 is 2.58 bits per heavy atom. The molecule has 1 aromatic heterocycles. The van der Waals surface area contributed by atoms with E-state index in [1.54, 1.807) is 12.5 Å². The molecule has 2 unspecified atom stereocenters. The Balaban J connectivity index is 0.00000121. The molecule has 1 aromatic carbocycles. The van der Waals surface area contributed by atoms with Crippen molar-refractivity contribution in [3.05, 3.63) is 43.0 Å². The van der Waals surface area contributed by atoms with E-state index < -0.39 is 0 Å². The van der Waals surface area contributed by atoms with Crippen LogP contribution in [0.4, 0.5) is 5.69 Å². The van der Waals surface area contributed by atoms with E-state index in [0.717, 1.165) is 24.2 Å². The Labute approximate surface area is 166 Å². The fraction of sp³-hybridized carbons (Fsp3) is 0.474. The van der Waals surface area contributed by atoms with Crippen LogP contribution in [0.25, 0.3) is 5.69 Å². The molecule has 2 aliphatic rings. The molecule has 7 heteroatoms. The predicted molar refractivity (Wildman–Crippen MR) is 108 cm³/mol. The molecular formula is C19H26Cl2N4O. The van der Waals surface area contributed by atoms with Crippen LogP contribution < -0.4 is 11.1 Å². The zero-order valence-corrected chi connectivity index (χ0v) is 16.2. The molecule has 0 aliphatic heterocycles. The number of anilines is 1. The van der Waals surface area contributed by atoms with Crippen molar-refractivity contribution in [3.8, 4) is 5.69 Å². The lowest BCUT2D eigenvalue weighted by Crippen LogP contribution is -2.48. The van der Waals surface area contributed by atoms with E-state index in [-0.39, 0.29) is 36.6 Å². The Hall–Kier alpha value is -1.56. The smallest absolute Gasteiger partial charge is 0.227 e. The molecule has 3 N–H and O–H groups in total. The second kappa shape index (κ2) is 8.89. The fourth-order valence-corrected chi connectivity index (χ4v) is 4.40. The quantitative estimate of drug-likeness (QED) is 0.827. The zero-order chi connectivity index (χ0) is 16.5. The molecule has 142 valence electrons. The summed E-state index contributed by atoms with van der Waals surface area (Å²) >= 11 is 0. The van der Waals surface area contributed by atoms with Gasteiger partial charge in [-0.25, -0.2) is 4.98 Å². The second-order valence-electron chi connectivity index (χ2n) is 7.21. The molecular weight excluding hydrogens is 371 g/mol. The SMILES string of the molecule is Cl.Cl.NC1C2CCCC1CC(C(=O)Nc1cccc(-n3ccnc3)c1)C2. The standard InChI is InChI=1S/C19H24N4O.2ClH/c20-18-13-3-1-4-14(18)10-15(9-13)19(24)22-16-5-2-6-17(11-16)23-8-7-21-12-23;;/h2,5-8,11-15,18H,1,3-4,9-10,20H2,(H,22,24);2*1H. The Bertz CT molecular complexity index is 708. The van der Waals surface area contributed by atoms with Gasteiger partial charge in [0.05, 0.1) is 6.33 Å². The van der Waals surface area contributed by atoms with Crippen molar-refractivity contribution in [1.29, 1.82) is 0 Å². The first-order chi connectivity index (χ1) is 11.7. The normalized spacial score (nSPS) is 27.0. The van der Waals surface area contributed by atoms with Gasteiger partial charge in [0.25, 0.3) is 0 Å². The topological polar surface area (TPSA) is 72.9 Å². The number of rotatable bonds is 3. The Morgan fingerprint density at radius 1 is 1.19 bits per heavy atom. The summed E-state index contributed by atoms with van der Waals surface area (Å²) in [7, 11) is 0. The van der Waals surface area contributed by atoms with E-state index in [4.69, 9.17) is 5.73 Å². The third-order valence-corrected chi connectivity index (χ3v) is 5.70. The molecule has 26 heavy (non-hydrogen) atoms. The van der Waals surface area contributed by atoms with E-state index in [1.165, 1.54) is 19.3 Å². The minimum Gasteiger partial charge on any atom is -0.327 e. The maximum absolute atomic E-state index is 12.7. The first-order valence-corrected chi connectivity index (χ1v) is 8.85. The highest BCUT2D eigenvalue weighted by Gasteiger charge is 2.40. The number of nitrogens with two attached hydrogens (primary N) is 1. The summed E-state index contributed by atoms with van der Waals surface area (Å²) in [6.45, 7) is 0. The maximum Gasteiger partial charge on any atom is 0.227 e. The first kappa shape index (κ1) is 20.7. The summed E-state index contributed by atoms with van der Waals surface area (Å²) in [4.78, 5) is 16.8. The summed E-state index contributed by atoms with van der Waals surface area (Å²) < 4.78 is 1.93. The van der Waals surface area contributed by atoms with Crippen molar-refractivity contribution < 1.29 is 4.79 Å². The Kier molecular flexibility index (Phi) is 7.09. The molecule has 4 rings (SSSR count). The van der Waals surface area contributed by atoms with E-state index in [2.05, 4.69) is 10.3 Å². The second-order valence-corrected chi connectivity index (χ2v) is 7.21. The van der Waals surface area contributed by atoms with Crippen LogP contribution in [0.1, 0.15) is 32.1 Å². The van der Waals surface area contributed by atoms with Crippen molar-refractivity contribution in [2.75, 3.05) is 5.32 Å². The first-order valence-electron chi connectivity index (χ1n) is 8.85. The van der Waals surface area contributed by atoms with Crippen molar-refractivity contribution in [2.45, 2.75) is 38.1 Å². The van der Waals surface area contributed by atoms with Gasteiger partial charge in [0.1, 0.15) is 0 Å². The van der Waals surface area contributed by atoms with E-state index >= 15 is 0 Å². The van der Waals surface area contributed by atoms with Gasteiger partial charge >= 0.3 is 0 Å². The van der Waals surface area contributed by atoms with Crippen molar-refractivity contribution in [3.63, 3.8) is 0 Å². The number of hydrogen-bond donors (Lipinski definition) is 2. The average molecular weight is 397 g/mol. The van der Waals surface area contributed by atoms with Gasteiger partial charge in [-0.15, -0.1) is 24.8 Å². The molecule has 2 saturated carbocycles. The number of amides is 1. The third-order valence-electron chi connectivity index (χ3n) is 5.70.